The third-order valence-electron chi connectivity index (χ3n) is 4.51. The largest absolute Gasteiger partial charge is 0.480 e. The Bertz CT molecular complexity index is 789. The van der Waals surface area contributed by atoms with Crippen LogP contribution in [0.1, 0.15) is 37.9 Å². The molecule has 0 saturated carbocycles. The molecule has 2 aromatic rings. The van der Waals surface area contributed by atoms with Gasteiger partial charge < -0.3 is 14.8 Å². The highest BCUT2D eigenvalue weighted by Crippen LogP contribution is 2.13. The lowest BCUT2D eigenvalue weighted by atomic mass is 10.0. The maximum absolute atomic E-state index is 11.7. The number of hydrogen-bond donors (Lipinski definition) is 3. The number of nitrogens with one attached hydrogen (secondary N) is 1. The van der Waals surface area contributed by atoms with Crippen LogP contribution in [0, 0.1) is 9.49 Å². The SMILES string of the molecule is CC(C)CC[C@H](N[C@@H](Cc1cncn1Cc1ccc(I)cc1)C(=O)O)C(=O)O. The zero-order valence-electron chi connectivity index (χ0n) is 16.0. The van der Waals surface area contributed by atoms with Crippen LogP contribution in [0.2, 0.25) is 0 Å². The Morgan fingerprint density at radius 1 is 1.11 bits per heavy atom. The summed E-state index contributed by atoms with van der Waals surface area (Å²) >= 11 is 2.24. The molecule has 1 heterocycles. The van der Waals surface area contributed by atoms with Crippen LogP contribution in [0.25, 0.3) is 0 Å². The van der Waals surface area contributed by atoms with Gasteiger partial charge in [0.1, 0.15) is 12.1 Å². The van der Waals surface area contributed by atoms with Crippen molar-refractivity contribution in [2.45, 2.75) is 51.7 Å². The lowest BCUT2D eigenvalue weighted by Crippen LogP contribution is -2.48. The first-order valence-electron chi connectivity index (χ1n) is 9.21. The summed E-state index contributed by atoms with van der Waals surface area (Å²) in [6.45, 7) is 4.60. The van der Waals surface area contributed by atoms with Crippen molar-refractivity contribution in [1.82, 2.24) is 14.9 Å². The monoisotopic (exact) mass is 499 g/mol. The zero-order chi connectivity index (χ0) is 20.7. The van der Waals surface area contributed by atoms with E-state index >= 15 is 0 Å². The topological polar surface area (TPSA) is 104 Å². The van der Waals surface area contributed by atoms with Crippen molar-refractivity contribution in [3.05, 3.63) is 51.6 Å². The summed E-state index contributed by atoms with van der Waals surface area (Å²) in [4.78, 5) is 27.4. The van der Waals surface area contributed by atoms with E-state index in [1.807, 2.05) is 42.7 Å². The van der Waals surface area contributed by atoms with Gasteiger partial charge in [-0.3, -0.25) is 14.9 Å². The van der Waals surface area contributed by atoms with Crippen molar-refractivity contribution in [3.8, 4) is 0 Å². The van der Waals surface area contributed by atoms with Crippen LogP contribution in [0.4, 0.5) is 0 Å². The van der Waals surface area contributed by atoms with Crippen LogP contribution >= 0.6 is 22.6 Å². The molecule has 8 heteroatoms. The minimum Gasteiger partial charge on any atom is -0.480 e. The molecule has 1 aromatic heterocycles. The van der Waals surface area contributed by atoms with Gasteiger partial charge in [0.15, 0.2) is 0 Å². The summed E-state index contributed by atoms with van der Waals surface area (Å²) in [5, 5.41) is 21.9. The molecule has 0 spiro atoms. The average molecular weight is 499 g/mol. The number of halogens is 1. The first kappa shape index (κ1) is 22.4. The van der Waals surface area contributed by atoms with E-state index in [-0.39, 0.29) is 6.42 Å². The van der Waals surface area contributed by atoms with Gasteiger partial charge in [0.25, 0.3) is 0 Å². The van der Waals surface area contributed by atoms with Crippen molar-refractivity contribution >= 4 is 34.5 Å². The second kappa shape index (κ2) is 10.6. The number of carboxylic acids is 2. The van der Waals surface area contributed by atoms with Crippen LogP contribution in [0.15, 0.2) is 36.8 Å². The molecule has 0 fully saturated rings. The first-order valence-corrected chi connectivity index (χ1v) is 10.3. The van der Waals surface area contributed by atoms with E-state index in [1.165, 1.54) is 0 Å². The fourth-order valence-electron chi connectivity index (χ4n) is 2.89. The molecular weight excluding hydrogens is 473 g/mol. The van der Waals surface area contributed by atoms with Crippen LogP contribution < -0.4 is 5.32 Å². The number of carbonyl (C=O) groups is 2. The van der Waals surface area contributed by atoms with Gasteiger partial charge in [0, 0.05) is 28.4 Å². The van der Waals surface area contributed by atoms with Gasteiger partial charge in [-0.1, -0.05) is 26.0 Å². The fourth-order valence-corrected chi connectivity index (χ4v) is 3.25. The number of carboxylic acid groups (broad SMARTS) is 2. The van der Waals surface area contributed by atoms with Gasteiger partial charge in [-0.15, -0.1) is 0 Å². The minimum atomic E-state index is -1.07. The average Bonchev–Trinajstić information content (AvgIpc) is 3.05. The molecular formula is C20H26IN3O4. The summed E-state index contributed by atoms with van der Waals surface area (Å²) in [5.41, 5.74) is 1.83. The number of aliphatic carboxylic acids is 2. The van der Waals surface area contributed by atoms with Gasteiger partial charge in [-0.05, 0) is 59.0 Å². The summed E-state index contributed by atoms with van der Waals surface area (Å²) < 4.78 is 3.03. The molecule has 2 atom stereocenters. The van der Waals surface area contributed by atoms with E-state index in [9.17, 15) is 19.8 Å². The van der Waals surface area contributed by atoms with E-state index in [0.717, 1.165) is 14.8 Å². The maximum atomic E-state index is 11.7. The minimum absolute atomic E-state index is 0.158. The van der Waals surface area contributed by atoms with E-state index in [1.54, 1.807) is 12.5 Å². The molecule has 1 aromatic carbocycles. The summed E-state index contributed by atoms with van der Waals surface area (Å²) in [6.07, 6.45) is 4.55. The predicted octanol–water partition coefficient (Wildman–Crippen LogP) is 3.01. The molecule has 0 radical (unpaired) electrons. The van der Waals surface area contributed by atoms with E-state index in [0.29, 0.717) is 25.3 Å². The Balaban J connectivity index is 2.09. The normalized spacial score (nSPS) is 13.4. The Kier molecular flexibility index (Phi) is 8.43. The molecule has 2 rings (SSSR count). The smallest absolute Gasteiger partial charge is 0.321 e. The van der Waals surface area contributed by atoms with Crippen LogP contribution in [0.3, 0.4) is 0 Å². The van der Waals surface area contributed by atoms with Gasteiger partial charge in [-0.25, -0.2) is 4.98 Å². The second-order valence-electron chi connectivity index (χ2n) is 7.26. The Morgan fingerprint density at radius 3 is 2.32 bits per heavy atom. The number of aromatic nitrogens is 2. The van der Waals surface area contributed by atoms with E-state index in [4.69, 9.17) is 0 Å². The second-order valence-corrected chi connectivity index (χ2v) is 8.51. The number of nitrogens with zero attached hydrogens (tertiary/aromatic N) is 2. The number of imidazole rings is 1. The number of hydrogen-bond acceptors (Lipinski definition) is 4. The van der Waals surface area contributed by atoms with Gasteiger partial charge in [0.05, 0.1) is 6.33 Å². The van der Waals surface area contributed by atoms with Crippen molar-refractivity contribution < 1.29 is 19.8 Å². The highest BCUT2D eigenvalue weighted by atomic mass is 127. The highest BCUT2D eigenvalue weighted by molar-refractivity contribution is 14.1. The molecule has 0 bridgehead atoms. The van der Waals surface area contributed by atoms with Gasteiger partial charge >= 0.3 is 11.9 Å². The molecule has 28 heavy (non-hydrogen) atoms. The van der Waals surface area contributed by atoms with Crippen molar-refractivity contribution in [2.24, 2.45) is 5.92 Å². The maximum Gasteiger partial charge on any atom is 0.321 e. The molecule has 0 saturated heterocycles. The Hall–Kier alpha value is -1.94. The molecule has 7 nitrogen and oxygen atoms in total. The molecule has 0 aliphatic heterocycles. The lowest BCUT2D eigenvalue weighted by molar-refractivity contribution is -0.142. The zero-order valence-corrected chi connectivity index (χ0v) is 18.2. The Labute approximate surface area is 178 Å². The molecule has 0 amide bonds. The molecule has 0 aliphatic rings. The van der Waals surface area contributed by atoms with Crippen LogP contribution in [0.5, 0.6) is 0 Å². The molecule has 0 aliphatic carbocycles. The molecule has 152 valence electrons. The van der Waals surface area contributed by atoms with Crippen molar-refractivity contribution in [1.29, 1.82) is 0 Å². The van der Waals surface area contributed by atoms with Gasteiger partial charge in [-0.2, -0.15) is 0 Å². The quantitative estimate of drug-likeness (QED) is 0.411. The van der Waals surface area contributed by atoms with Crippen LogP contribution in [-0.2, 0) is 22.6 Å². The third kappa shape index (κ3) is 6.90. The predicted molar refractivity (Wildman–Crippen MR) is 114 cm³/mol. The molecule has 3 N–H and O–H groups in total. The van der Waals surface area contributed by atoms with E-state index in [2.05, 4.69) is 32.9 Å². The van der Waals surface area contributed by atoms with E-state index < -0.39 is 24.0 Å². The highest BCUT2D eigenvalue weighted by Gasteiger charge is 2.27. The summed E-state index contributed by atoms with van der Waals surface area (Å²) in [6, 6.07) is 6.17. The fraction of sp³-hybridized carbons (Fsp3) is 0.450. The number of rotatable bonds is 11. The summed E-state index contributed by atoms with van der Waals surface area (Å²) in [7, 11) is 0. The van der Waals surface area contributed by atoms with Crippen LogP contribution in [-0.4, -0.2) is 43.8 Å². The third-order valence-corrected chi connectivity index (χ3v) is 5.23. The Morgan fingerprint density at radius 2 is 1.75 bits per heavy atom. The van der Waals surface area contributed by atoms with Crippen molar-refractivity contribution in [3.63, 3.8) is 0 Å². The molecule has 0 unspecified atom stereocenters. The van der Waals surface area contributed by atoms with Crippen molar-refractivity contribution in [2.75, 3.05) is 0 Å². The van der Waals surface area contributed by atoms with Gasteiger partial charge in [0.2, 0.25) is 0 Å². The first-order chi connectivity index (χ1) is 13.3. The standard InChI is InChI=1S/C20H26IN3O4/c1-13(2)3-8-17(19(25)26)23-18(20(27)28)9-16-10-22-12-24(16)11-14-4-6-15(21)7-5-14/h4-7,10,12-13,17-18,23H,3,8-9,11H2,1-2H3,(H,25,26)(H,27,28)/t17-,18-/m0/s1. The lowest BCUT2D eigenvalue weighted by Gasteiger charge is -2.21. The summed E-state index contributed by atoms with van der Waals surface area (Å²) in [5.74, 6) is -1.75. The number of benzene rings is 1.